The molecule has 1 aromatic carbocycles. The van der Waals surface area contributed by atoms with Crippen LogP contribution in [0.25, 0.3) is 5.57 Å². The Hall–Kier alpha value is -2.12. The van der Waals surface area contributed by atoms with E-state index in [0.717, 1.165) is 34.3 Å². The Bertz CT molecular complexity index is 1100. The molecule has 34 heavy (non-hydrogen) atoms. The number of ketones is 2. The molecule has 1 N–H and O–H groups in total. The molecule has 0 aromatic heterocycles. The SMILES string of the molecule is C=C1C2=C(C(=O)c3c1ccc(C1COC(C)C(O)C(N(C)C)C1)c3C)C(C)OC1CC(=O)CC21. The smallest absolute Gasteiger partial charge is 0.192 e. The molecular formula is C28H35NO5. The molecule has 0 spiro atoms. The van der Waals surface area contributed by atoms with Crippen LogP contribution in [0.3, 0.4) is 0 Å². The lowest BCUT2D eigenvalue weighted by Crippen LogP contribution is -2.44. The molecule has 4 aliphatic rings. The lowest BCUT2D eigenvalue weighted by Gasteiger charge is -2.39. The fourth-order valence-corrected chi connectivity index (χ4v) is 6.61. The first-order valence-corrected chi connectivity index (χ1v) is 12.3. The minimum absolute atomic E-state index is 0.00542. The number of likely N-dealkylation sites (N-methyl/N-ethyl adjacent to an activating group) is 1. The number of aliphatic hydroxyl groups is 1. The van der Waals surface area contributed by atoms with Gasteiger partial charge in [-0.1, -0.05) is 18.7 Å². The van der Waals surface area contributed by atoms with E-state index in [-0.39, 0.29) is 47.8 Å². The second-order valence-electron chi connectivity index (χ2n) is 10.7. The maximum absolute atomic E-state index is 13.9. The van der Waals surface area contributed by atoms with E-state index < -0.39 is 6.10 Å². The van der Waals surface area contributed by atoms with Crippen molar-refractivity contribution in [3.63, 3.8) is 0 Å². The number of nitrogens with zero attached hydrogens (tertiary/aromatic N) is 1. The molecule has 2 heterocycles. The van der Waals surface area contributed by atoms with Crippen molar-refractivity contribution in [1.29, 1.82) is 0 Å². The van der Waals surface area contributed by atoms with Crippen LogP contribution in [0.2, 0.25) is 0 Å². The standard InChI is InChI=1S/C28H35NO5/c1-13-19(17-9-22(29(5)6)27(31)16(4)33-12-17)7-8-20-14(2)24-21-10-18(30)11-23(21)34-15(3)26(24)28(32)25(13)20/h7-8,15-17,21-23,27,31H,2,9-12H2,1,3-6H3. The number of hydrogen-bond donors (Lipinski definition) is 1. The highest BCUT2D eigenvalue weighted by atomic mass is 16.5. The second kappa shape index (κ2) is 8.52. The summed E-state index contributed by atoms with van der Waals surface area (Å²) in [7, 11) is 3.96. The third-order valence-electron chi connectivity index (χ3n) is 8.47. The zero-order chi connectivity index (χ0) is 24.5. The van der Waals surface area contributed by atoms with Gasteiger partial charge >= 0.3 is 0 Å². The molecule has 182 valence electrons. The largest absolute Gasteiger partial charge is 0.389 e. The van der Waals surface area contributed by atoms with E-state index >= 15 is 0 Å². The van der Waals surface area contributed by atoms with E-state index in [1.807, 2.05) is 40.9 Å². The van der Waals surface area contributed by atoms with E-state index in [1.54, 1.807) is 0 Å². The molecule has 2 aliphatic carbocycles. The normalized spacial score (nSPS) is 35.9. The maximum atomic E-state index is 13.9. The summed E-state index contributed by atoms with van der Waals surface area (Å²) in [6, 6.07) is 4.08. The Labute approximate surface area is 201 Å². The van der Waals surface area contributed by atoms with Gasteiger partial charge in [0.2, 0.25) is 0 Å². The minimum atomic E-state index is -0.575. The average Bonchev–Trinajstić information content (AvgIpc) is 3.08. The molecule has 0 radical (unpaired) electrons. The van der Waals surface area contributed by atoms with Crippen LogP contribution < -0.4 is 0 Å². The van der Waals surface area contributed by atoms with E-state index in [9.17, 15) is 14.7 Å². The number of benzene rings is 1. The van der Waals surface area contributed by atoms with E-state index in [0.29, 0.717) is 30.6 Å². The monoisotopic (exact) mass is 465 g/mol. The maximum Gasteiger partial charge on any atom is 0.192 e. The van der Waals surface area contributed by atoms with Gasteiger partial charge in [0.1, 0.15) is 5.78 Å². The lowest BCUT2D eigenvalue weighted by molar-refractivity contribution is -0.118. The topological polar surface area (TPSA) is 76.1 Å². The van der Waals surface area contributed by atoms with Crippen molar-refractivity contribution in [2.75, 3.05) is 20.7 Å². The summed E-state index contributed by atoms with van der Waals surface area (Å²) in [5, 5.41) is 10.8. The number of fused-ring (bicyclic) bond motifs is 3. The van der Waals surface area contributed by atoms with E-state index in [4.69, 9.17) is 9.47 Å². The summed E-state index contributed by atoms with van der Waals surface area (Å²) < 4.78 is 12.2. The first kappa shape index (κ1) is 23.6. The molecule has 2 fully saturated rings. The quantitative estimate of drug-likeness (QED) is 0.721. The van der Waals surface area contributed by atoms with Crippen molar-refractivity contribution < 1.29 is 24.2 Å². The van der Waals surface area contributed by atoms with Gasteiger partial charge in [-0.3, -0.25) is 9.59 Å². The van der Waals surface area contributed by atoms with Crippen LogP contribution in [-0.2, 0) is 14.3 Å². The van der Waals surface area contributed by atoms with Crippen LogP contribution in [-0.4, -0.2) is 72.7 Å². The summed E-state index contributed by atoms with van der Waals surface area (Å²) >= 11 is 0. The van der Waals surface area contributed by atoms with Gasteiger partial charge in [-0.05, 0) is 69.1 Å². The number of aliphatic hydroxyl groups excluding tert-OH is 1. The van der Waals surface area contributed by atoms with Gasteiger partial charge in [0, 0.05) is 41.9 Å². The Kier molecular flexibility index (Phi) is 5.92. The number of allylic oxidation sites excluding steroid dienone is 1. The van der Waals surface area contributed by atoms with Crippen molar-refractivity contribution in [3.8, 4) is 0 Å². The number of ether oxygens (including phenoxy) is 2. The third-order valence-corrected chi connectivity index (χ3v) is 8.47. The first-order chi connectivity index (χ1) is 16.1. The van der Waals surface area contributed by atoms with Gasteiger partial charge in [-0.25, -0.2) is 0 Å². The number of hydrogen-bond acceptors (Lipinski definition) is 6. The molecule has 6 heteroatoms. The fraction of sp³-hybridized carbons (Fsp3) is 0.571. The van der Waals surface area contributed by atoms with Gasteiger partial charge in [0.25, 0.3) is 0 Å². The molecule has 1 saturated heterocycles. The Morgan fingerprint density at radius 3 is 2.56 bits per heavy atom. The number of carbonyl (C=O) groups excluding carboxylic acids is 2. The summed E-state index contributed by atoms with van der Waals surface area (Å²) in [4.78, 5) is 28.2. The number of rotatable bonds is 2. The Morgan fingerprint density at radius 2 is 1.85 bits per heavy atom. The summed E-state index contributed by atoms with van der Waals surface area (Å²) in [5.41, 5.74) is 6.04. The van der Waals surface area contributed by atoms with Gasteiger partial charge in [0.05, 0.1) is 31.0 Å². The first-order valence-electron chi connectivity index (χ1n) is 12.3. The number of Topliss-reactive ketones (excluding diaryl/α,β-unsaturated/α-hetero) is 2. The molecule has 7 atom stereocenters. The minimum Gasteiger partial charge on any atom is -0.389 e. The average molecular weight is 466 g/mol. The predicted molar refractivity (Wildman–Crippen MR) is 130 cm³/mol. The molecule has 6 nitrogen and oxygen atoms in total. The van der Waals surface area contributed by atoms with Crippen molar-refractivity contribution in [2.24, 2.45) is 5.92 Å². The van der Waals surface area contributed by atoms with Crippen LogP contribution in [0, 0.1) is 12.8 Å². The van der Waals surface area contributed by atoms with E-state index in [1.165, 1.54) is 0 Å². The van der Waals surface area contributed by atoms with Crippen LogP contribution >= 0.6 is 0 Å². The predicted octanol–water partition coefficient (Wildman–Crippen LogP) is 3.45. The second-order valence-corrected chi connectivity index (χ2v) is 10.7. The van der Waals surface area contributed by atoms with Crippen LogP contribution in [0.5, 0.6) is 0 Å². The molecule has 5 rings (SSSR count). The van der Waals surface area contributed by atoms with Crippen molar-refractivity contribution in [1.82, 2.24) is 4.90 Å². The molecule has 7 unspecified atom stereocenters. The zero-order valence-electron chi connectivity index (χ0n) is 20.8. The van der Waals surface area contributed by atoms with Crippen molar-refractivity contribution in [3.05, 3.63) is 52.1 Å². The molecular weight excluding hydrogens is 430 g/mol. The highest BCUT2D eigenvalue weighted by molar-refractivity contribution is 6.19. The van der Waals surface area contributed by atoms with Crippen molar-refractivity contribution in [2.45, 2.75) is 76.4 Å². The zero-order valence-corrected chi connectivity index (χ0v) is 20.8. The Balaban J connectivity index is 1.56. The van der Waals surface area contributed by atoms with Gasteiger partial charge in [-0.15, -0.1) is 0 Å². The summed E-state index contributed by atoms with van der Waals surface area (Å²) in [5.74, 6) is 0.163. The lowest BCUT2D eigenvalue weighted by atomic mass is 9.71. The molecule has 1 aromatic rings. The van der Waals surface area contributed by atoms with Gasteiger partial charge in [-0.2, -0.15) is 0 Å². The van der Waals surface area contributed by atoms with Crippen molar-refractivity contribution >= 4 is 17.1 Å². The van der Waals surface area contributed by atoms with Crippen LogP contribution in [0.15, 0.2) is 29.9 Å². The highest BCUT2D eigenvalue weighted by Gasteiger charge is 2.47. The van der Waals surface area contributed by atoms with Gasteiger partial charge in [0.15, 0.2) is 5.78 Å². The third kappa shape index (κ3) is 3.54. The molecule has 1 saturated carbocycles. The summed E-state index contributed by atoms with van der Waals surface area (Å²) in [6.07, 6.45) is 0.219. The van der Waals surface area contributed by atoms with E-state index in [2.05, 4.69) is 17.5 Å². The fourth-order valence-electron chi connectivity index (χ4n) is 6.61. The van der Waals surface area contributed by atoms with Crippen LogP contribution in [0.4, 0.5) is 0 Å². The van der Waals surface area contributed by atoms with Gasteiger partial charge < -0.3 is 19.5 Å². The number of carbonyl (C=O) groups is 2. The molecule has 0 amide bonds. The molecule has 0 bridgehead atoms. The van der Waals surface area contributed by atoms with Crippen LogP contribution in [0.1, 0.15) is 66.1 Å². The Morgan fingerprint density at radius 1 is 1.12 bits per heavy atom. The highest BCUT2D eigenvalue weighted by Crippen LogP contribution is 2.50. The molecule has 2 aliphatic heterocycles. The summed E-state index contributed by atoms with van der Waals surface area (Å²) in [6.45, 7) is 10.7.